The van der Waals surface area contributed by atoms with Crippen LogP contribution in [0, 0.1) is 11.3 Å². The number of allylic oxidation sites excluding steroid dienone is 1. The molecule has 0 aromatic carbocycles. The molecule has 0 aromatic rings. The zero-order valence-electron chi connectivity index (χ0n) is 10.1. The van der Waals surface area contributed by atoms with E-state index in [1.807, 2.05) is 0 Å². The summed E-state index contributed by atoms with van der Waals surface area (Å²) in [4.78, 5) is 22.7. The molecule has 0 aromatic heterocycles. The van der Waals surface area contributed by atoms with Gasteiger partial charge < -0.3 is 9.84 Å². The van der Waals surface area contributed by atoms with Gasteiger partial charge in [0.1, 0.15) is 0 Å². The van der Waals surface area contributed by atoms with Crippen molar-refractivity contribution in [1.82, 2.24) is 0 Å². The molecule has 2 unspecified atom stereocenters. The lowest BCUT2D eigenvalue weighted by Gasteiger charge is -2.40. The number of aliphatic carboxylic acids is 1. The molecular weight excluding hydrogens is 246 g/mol. The van der Waals surface area contributed by atoms with Crippen LogP contribution in [0.15, 0.2) is 12.7 Å². The van der Waals surface area contributed by atoms with Gasteiger partial charge in [0, 0.05) is 12.8 Å². The van der Waals surface area contributed by atoms with Crippen molar-refractivity contribution in [3.63, 3.8) is 0 Å². The summed E-state index contributed by atoms with van der Waals surface area (Å²) < 4.78 is 31.8. The van der Waals surface area contributed by atoms with E-state index in [4.69, 9.17) is 5.11 Å². The van der Waals surface area contributed by atoms with Crippen molar-refractivity contribution in [1.29, 1.82) is 0 Å². The van der Waals surface area contributed by atoms with Crippen LogP contribution in [0.3, 0.4) is 0 Å². The number of ether oxygens (including phenoxy) is 1. The lowest BCUT2D eigenvalue weighted by atomic mass is 9.66. The third-order valence-corrected chi connectivity index (χ3v) is 3.28. The predicted octanol–water partition coefficient (Wildman–Crippen LogP) is 2.24. The molecule has 1 saturated carbocycles. The summed E-state index contributed by atoms with van der Waals surface area (Å²) >= 11 is 0. The summed E-state index contributed by atoms with van der Waals surface area (Å²) in [6.07, 6.45) is -0.242. The SMILES string of the molecule is C=CCC1(C(=O)OC)CC(C(=O)O)CC(F)(F)C1. The fourth-order valence-electron chi connectivity index (χ4n) is 2.61. The van der Waals surface area contributed by atoms with E-state index in [9.17, 15) is 18.4 Å². The molecule has 4 nitrogen and oxygen atoms in total. The van der Waals surface area contributed by atoms with Gasteiger partial charge in [-0.3, -0.25) is 9.59 Å². The van der Waals surface area contributed by atoms with Crippen LogP contribution in [0.5, 0.6) is 0 Å². The molecule has 1 rings (SSSR count). The summed E-state index contributed by atoms with van der Waals surface area (Å²) in [6.45, 7) is 3.43. The molecule has 2 atom stereocenters. The van der Waals surface area contributed by atoms with E-state index in [0.29, 0.717) is 0 Å². The lowest BCUT2D eigenvalue weighted by molar-refractivity contribution is -0.175. The monoisotopic (exact) mass is 262 g/mol. The largest absolute Gasteiger partial charge is 0.481 e. The van der Waals surface area contributed by atoms with Gasteiger partial charge in [0.05, 0.1) is 18.4 Å². The van der Waals surface area contributed by atoms with Gasteiger partial charge >= 0.3 is 11.9 Å². The molecule has 1 N–H and O–H groups in total. The standard InChI is InChI=1S/C12H16F2O4/c1-3-4-11(10(17)18-2)5-8(9(15)16)6-12(13,14)7-11/h3,8H,1,4-7H2,2H3,(H,15,16). The number of halogens is 2. The van der Waals surface area contributed by atoms with Crippen molar-refractivity contribution in [3.05, 3.63) is 12.7 Å². The maximum absolute atomic E-state index is 13.6. The fraction of sp³-hybridized carbons (Fsp3) is 0.667. The molecule has 0 spiro atoms. The van der Waals surface area contributed by atoms with Gasteiger partial charge in [-0.25, -0.2) is 8.78 Å². The van der Waals surface area contributed by atoms with Crippen molar-refractivity contribution in [2.75, 3.05) is 7.11 Å². The van der Waals surface area contributed by atoms with Crippen LogP contribution in [0.25, 0.3) is 0 Å². The van der Waals surface area contributed by atoms with E-state index in [0.717, 1.165) is 7.11 Å². The minimum Gasteiger partial charge on any atom is -0.481 e. The summed E-state index contributed by atoms with van der Waals surface area (Å²) in [5.41, 5.74) is -1.48. The van der Waals surface area contributed by atoms with Gasteiger partial charge in [-0.15, -0.1) is 6.58 Å². The van der Waals surface area contributed by atoms with Crippen molar-refractivity contribution in [2.45, 2.75) is 31.6 Å². The highest BCUT2D eigenvalue weighted by Crippen LogP contribution is 2.50. The Morgan fingerprint density at radius 3 is 2.56 bits per heavy atom. The first-order valence-corrected chi connectivity index (χ1v) is 5.56. The third kappa shape index (κ3) is 2.86. The average molecular weight is 262 g/mol. The summed E-state index contributed by atoms with van der Waals surface area (Å²) in [5.74, 6) is -6.54. The second-order valence-electron chi connectivity index (χ2n) is 4.74. The molecule has 0 saturated heterocycles. The van der Waals surface area contributed by atoms with Crippen molar-refractivity contribution in [2.24, 2.45) is 11.3 Å². The molecule has 1 aliphatic carbocycles. The zero-order chi connectivity index (χ0) is 14.0. The number of hydrogen-bond donors (Lipinski definition) is 1. The van der Waals surface area contributed by atoms with Gasteiger partial charge in [0.2, 0.25) is 5.92 Å². The molecule has 0 aliphatic heterocycles. The van der Waals surface area contributed by atoms with Crippen molar-refractivity contribution in [3.8, 4) is 0 Å². The van der Waals surface area contributed by atoms with Gasteiger partial charge in [-0.2, -0.15) is 0 Å². The number of carbonyl (C=O) groups excluding carboxylic acids is 1. The molecule has 0 radical (unpaired) electrons. The summed E-state index contributed by atoms with van der Waals surface area (Å²) in [7, 11) is 1.11. The number of carboxylic acid groups (broad SMARTS) is 1. The van der Waals surface area contributed by atoms with Crippen molar-refractivity contribution >= 4 is 11.9 Å². The van der Waals surface area contributed by atoms with Crippen LogP contribution >= 0.6 is 0 Å². The van der Waals surface area contributed by atoms with Gasteiger partial charge in [-0.05, 0) is 12.8 Å². The Balaban J connectivity index is 3.11. The molecule has 102 valence electrons. The topological polar surface area (TPSA) is 63.6 Å². The quantitative estimate of drug-likeness (QED) is 0.623. The minimum atomic E-state index is -3.18. The van der Waals surface area contributed by atoms with Crippen LogP contribution in [0.4, 0.5) is 8.78 Å². The number of methoxy groups -OCH3 is 1. The van der Waals surface area contributed by atoms with E-state index in [1.54, 1.807) is 0 Å². The summed E-state index contributed by atoms with van der Waals surface area (Å²) in [6, 6.07) is 0. The predicted molar refractivity (Wildman–Crippen MR) is 59.2 cm³/mol. The maximum atomic E-state index is 13.6. The second-order valence-corrected chi connectivity index (χ2v) is 4.74. The minimum absolute atomic E-state index is 0.0148. The number of alkyl halides is 2. The first kappa shape index (κ1) is 14.6. The van der Waals surface area contributed by atoms with E-state index in [-0.39, 0.29) is 12.8 Å². The van der Waals surface area contributed by atoms with E-state index < -0.39 is 42.0 Å². The number of carboxylic acids is 1. The van der Waals surface area contributed by atoms with E-state index in [2.05, 4.69) is 11.3 Å². The Morgan fingerprint density at radius 2 is 2.11 bits per heavy atom. The smallest absolute Gasteiger partial charge is 0.312 e. The van der Waals surface area contributed by atoms with Crippen LogP contribution in [-0.4, -0.2) is 30.1 Å². The Morgan fingerprint density at radius 1 is 1.50 bits per heavy atom. The fourth-order valence-corrected chi connectivity index (χ4v) is 2.61. The van der Waals surface area contributed by atoms with E-state index in [1.165, 1.54) is 6.08 Å². The Bertz CT molecular complexity index is 367. The summed E-state index contributed by atoms with van der Waals surface area (Å²) in [5, 5.41) is 8.91. The van der Waals surface area contributed by atoms with Crippen LogP contribution in [-0.2, 0) is 14.3 Å². The Labute approximate surface area is 104 Å². The molecule has 1 aliphatic rings. The Kier molecular flexibility index (Phi) is 4.09. The maximum Gasteiger partial charge on any atom is 0.312 e. The average Bonchev–Trinajstić information content (AvgIpc) is 2.26. The van der Waals surface area contributed by atoms with Gasteiger partial charge in [-0.1, -0.05) is 6.08 Å². The first-order valence-electron chi connectivity index (χ1n) is 5.56. The number of hydrogen-bond acceptors (Lipinski definition) is 3. The van der Waals surface area contributed by atoms with Crippen LogP contribution < -0.4 is 0 Å². The molecule has 0 bridgehead atoms. The normalized spacial score (nSPS) is 30.5. The molecule has 18 heavy (non-hydrogen) atoms. The number of carbonyl (C=O) groups is 2. The van der Waals surface area contributed by atoms with Gasteiger partial charge in [0.15, 0.2) is 0 Å². The van der Waals surface area contributed by atoms with Gasteiger partial charge in [0.25, 0.3) is 0 Å². The Hall–Kier alpha value is -1.46. The highest BCUT2D eigenvalue weighted by Gasteiger charge is 2.55. The first-order chi connectivity index (χ1) is 8.26. The molecule has 0 amide bonds. The highest BCUT2D eigenvalue weighted by molar-refractivity contribution is 5.79. The molecule has 6 heteroatoms. The number of rotatable bonds is 4. The third-order valence-electron chi connectivity index (χ3n) is 3.28. The van der Waals surface area contributed by atoms with E-state index >= 15 is 0 Å². The second kappa shape index (κ2) is 5.04. The lowest BCUT2D eigenvalue weighted by Crippen LogP contribution is -2.46. The number of esters is 1. The molecule has 0 heterocycles. The molecular formula is C12H16F2O4. The van der Waals surface area contributed by atoms with Crippen LogP contribution in [0.2, 0.25) is 0 Å². The zero-order valence-corrected chi connectivity index (χ0v) is 10.1. The van der Waals surface area contributed by atoms with Crippen LogP contribution in [0.1, 0.15) is 25.7 Å². The van der Waals surface area contributed by atoms with Crippen molar-refractivity contribution < 1.29 is 28.2 Å². The highest BCUT2D eigenvalue weighted by atomic mass is 19.3. The molecule has 1 fully saturated rings.